The van der Waals surface area contributed by atoms with Gasteiger partial charge in [-0.05, 0) is 64.3 Å². The minimum atomic E-state index is -1.14. The number of rotatable bonds is 6. The molecule has 0 radical (unpaired) electrons. The van der Waals surface area contributed by atoms with Crippen molar-refractivity contribution in [1.82, 2.24) is 9.80 Å². The molecule has 2 aliphatic rings. The first-order valence-corrected chi connectivity index (χ1v) is 11.6. The largest absolute Gasteiger partial charge is 0.479 e. The monoisotopic (exact) mass is 530 g/mol. The number of carboxylic acid groups (broad SMARTS) is 1. The van der Waals surface area contributed by atoms with Crippen LogP contribution in [0.4, 0.5) is 4.79 Å². The van der Waals surface area contributed by atoms with Crippen LogP contribution in [0.5, 0.6) is 5.75 Å². The van der Waals surface area contributed by atoms with Crippen molar-refractivity contribution in [2.45, 2.75) is 25.7 Å². The Morgan fingerprint density at radius 1 is 1.19 bits per heavy atom. The fourth-order valence-electron chi connectivity index (χ4n) is 3.28. The van der Waals surface area contributed by atoms with Crippen molar-refractivity contribution in [1.29, 1.82) is 0 Å². The maximum atomic E-state index is 12.7. The van der Waals surface area contributed by atoms with Crippen LogP contribution in [-0.4, -0.2) is 64.2 Å². The van der Waals surface area contributed by atoms with Crippen LogP contribution in [0.15, 0.2) is 21.5 Å². The van der Waals surface area contributed by atoms with Crippen LogP contribution < -0.4 is 4.74 Å². The lowest BCUT2D eigenvalue weighted by molar-refractivity contribution is -0.139. The van der Waals surface area contributed by atoms with Gasteiger partial charge in [0.25, 0.3) is 11.1 Å². The van der Waals surface area contributed by atoms with E-state index < -0.39 is 23.7 Å². The first-order chi connectivity index (χ1) is 14.8. The lowest BCUT2D eigenvalue weighted by Crippen LogP contribution is -2.42. The van der Waals surface area contributed by atoms with Gasteiger partial charge in [-0.15, -0.1) is 0 Å². The number of carbonyl (C=O) groups excluding carboxylic acids is 3. The Balaban J connectivity index is 1.72. The van der Waals surface area contributed by atoms with E-state index in [1.54, 1.807) is 11.0 Å². The molecule has 3 rings (SSSR count). The summed E-state index contributed by atoms with van der Waals surface area (Å²) < 4.78 is 5.55. The SMILES string of the molecule is O=C(O)COc1c(Cl)cc(C=C2SC(=O)N(CC(=O)N3CCCCCC3)C2=O)cc1Br. The summed E-state index contributed by atoms with van der Waals surface area (Å²) in [4.78, 5) is 51.2. The van der Waals surface area contributed by atoms with Gasteiger partial charge in [0.15, 0.2) is 12.4 Å². The summed E-state index contributed by atoms with van der Waals surface area (Å²) in [6.45, 7) is 0.470. The lowest BCUT2D eigenvalue weighted by Gasteiger charge is -2.22. The minimum absolute atomic E-state index is 0.150. The van der Waals surface area contributed by atoms with E-state index in [0.717, 1.165) is 42.3 Å². The number of halogens is 2. The van der Waals surface area contributed by atoms with E-state index in [1.165, 1.54) is 12.1 Å². The number of carboxylic acids is 1. The molecule has 0 unspecified atom stereocenters. The highest BCUT2D eigenvalue weighted by molar-refractivity contribution is 9.10. The molecule has 11 heteroatoms. The van der Waals surface area contributed by atoms with E-state index in [4.69, 9.17) is 21.4 Å². The average molecular weight is 532 g/mol. The van der Waals surface area contributed by atoms with Gasteiger partial charge in [-0.25, -0.2) is 4.79 Å². The second kappa shape index (κ2) is 10.5. The molecule has 2 saturated heterocycles. The van der Waals surface area contributed by atoms with Crippen molar-refractivity contribution in [3.63, 3.8) is 0 Å². The van der Waals surface area contributed by atoms with Gasteiger partial charge in [-0.3, -0.25) is 19.3 Å². The number of aliphatic carboxylic acids is 1. The Bertz CT molecular complexity index is 923. The van der Waals surface area contributed by atoms with Crippen molar-refractivity contribution >= 4 is 68.4 Å². The quantitative estimate of drug-likeness (QED) is 0.553. The third-order valence-electron chi connectivity index (χ3n) is 4.78. The molecule has 0 bridgehead atoms. The van der Waals surface area contributed by atoms with Gasteiger partial charge in [-0.2, -0.15) is 0 Å². The Hall–Kier alpha value is -2.04. The molecular formula is C20H20BrClN2O6S. The summed E-state index contributed by atoms with van der Waals surface area (Å²) in [5.41, 5.74) is 0.517. The van der Waals surface area contributed by atoms with Crippen molar-refractivity contribution < 1.29 is 29.0 Å². The minimum Gasteiger partial charge on any atom is -0.479 e. The van der Waals surface area contributed by atoms with Gasteiger partial charge in [-0.1, -0.05) is 24.4 Å². The van der Waals surface area contributed by atoms with Crippen LogP contribution in [0.1, 0.15) is 31.2 Å². The second-order valence-electron chi connectivity index (χ2n) is 7.06. The maximum absolute atomic E-state index is 12.7. The predicted octanol–water partition coefficient (Wildman–Crippen LogP) is 4.00. The van der Waals surface area contributed by atoms with Crippen LogP contribution in [0.3, 0.4) is 0 Å². The number of amides is 3. The fraction of sp³-hybridized carbons (Fsp3) is 0.400. The normalized spacial score (nSPS) is 18.5. The van der Waals surface area contributed by atoms with E-state index in [2.05, 4.69) is 15.9 Å². The highest BCUT2D eigenvalue weighted by Crippen LogP contribution is 2.37. The number of carbonyl (C=O) groups is 4. The fourth-order valence-corrected chi connectivity index (χ4v) is 5.10. The third kappa shape index (κ3) is 6.02. The Morgan fingerprint density at radius 3 is 2.48 bits per heavy atom. The number of hydrogen-bond acceptors (Lipinski definition) is 6. The molecule has 2 aliphatic heterocycles. The second-order valence-corrected chi connectivity index (χ2v) is 9.31. The lowest BCUT2D eigenvalue weighted by atomic mass is 10.2. The van der Waals surface area contributed by atoms with Gasteiger partial charge in [0.1, 0.15) is 6.54 Å². The summed E-state index contributed by atoms with van der Waals surface area (Å²) in [5.74, 6) is -1.74. The van der Waals surface area contributed by atoms with E-state index in [9.17, 15) is 19.2 Å². The molecule has 2 heterocycles. The van der Waals surface area contributed by atoms with Gasteiger partial charge in [0.2, 0.25) is 5.91 Å². The highest BCUT2D eigenvalue weighted by Gasteiger charge is 2.37. The van der Waals surface area contributed by atoms with Crippen molar-refractivity contribution in [3.05, 3.63) is 32.1 Å². The summed E-state index contributed by atoms with van der Waals surface area (Å²) in [6, 6.07) is 3.10. The van der Waals surface area contributed by atoms with Crippen LogP contribution >= 0.6 is 39.3 Å². The molecule has 2 fully saturated rings. The Kier molecular flexibility index (Phi) is 8.01. The Labute approximate surface area is 196 Å². The standard InChI is InChI=1S/C20H20BrClN2O6S/c21-13-7-12(8-14(22)18(13)30-11-17(26)27)9-15-19(28)24(20(29)31-15)10-16(25)23-5-3-1-2-4-6-23/h7-9H,1-6,10-11H2,(H,26,27). The topological polar surface area (TPSA) is 104 Å². The number of hydrogen-bond donors (Lipinski definition) is 1. The zero-order valence-corrected chi connectivity index (χ0v) is 19.6. The molecule has 0 atom stereocenters. The third-order valence-corrected chi connectivity index (χ3v) is 6.56. The first-order valence-electron chi connectivity index (χ1n) is 9.63. The zero-order valence-electron chi connectivity index (χ0n) is 16.4. The molecule has 3 amide bonds. The van der Waals surface area contributed by atoms with Crippen molar-refractivity contribution in [2.75, 3.05) is 26.2 Å². The van der Waals surface area contributed by atoms with Gasteiger partial charge in [0, 0.05) is 13.1 Å². The van der Waals surface area contributed by atoms with Crippen molar-refractivity contribution in [3.8, 4) is 5.75 Å². The molecule has 166 valence electrons. The number of nitrogens with zero attached hydrogens (tertiary/aromatic N) is 2. The zero-order chi connectivity index (χ0) is 22.5. The number of imide groups is 1. The van der Waals surface area contributed by atoms with E-state index in [-0.39, 0.29) is 28.1 Å². The van der Waals surface area contributed by atoms with Crippen LogP contribution in [0.2, 0.25) is 5.02 Å². The predicted molar refractivity (Wildman–Crippen MR) is 120 cm³/mol. The molecule has 1 aromatic rings. The molecular weight excluding hydrogens is 512 g/mol. The van der Waals surface area contributed by atoms with Crippen LogP contribution in [0, 0.1) is 0 Å². The van der Waals surface area contributed by atoms with Gasteiger partial charge < -0.3 is 14.7 Å². The smallest absolute Gasteiger partial charge is 0.341 e. The highest BCUT2D eigenvalue weighted by atomic mass is 79.9. The summed E-state index contributed by atoms with van der Waals surface area (Å²) in [7, 11) is 0. The molecule has 1 aromatic carbocycles. The summed E-state index contributed by atoms with van der Waals surface area (Å²) in [6.07, 6.45) is 5.50. The van der Waals surface area contributed by atoms with Gasteiger partial charge >= 0.3 is 5.97 Å². The average Bonchev–Trinajstić information content (AvgIpc) is 2.90. The van der Waals surface area contributed by atoms with E-state index in [1.807, 2.05) is 0 Å². The van der Waals surface area contributed by atoms with E-state index in [0.29, 0.717) is 23.1 Å². The number of thioether (sulfide) groups is 1. The first kappa shape index (κ1) is 23.6. The van der Waals surface area contributed by atoms with Crippen LogP contribution in [-0.2, 0) is 14.4 Å². The maximum Gasteiger partial charge on any atom is 0.341 e. The van der Waals surface area contributed by atoms with Crippen LogP contribution in [0.25, 0.3) is 6.08 Å². The molecule has 0 spiro atoms. The molecule has 0 saturated carbocycles. The number of ether oxygens (including phenoxy) is 1. The molecule has 31 heavy (non-hydrogen) atoms. The summed E-state index contributed by atoms with van der Waals surface area (Å²) in [5, 5.41) is 8.40. The van der Waals surface area contributed by atoms with Crippen molar-refractivity contribution in [2.24, 2.45) is 0 Å². The molecule has 0 aliphatic carbocycles. The molecule has 1 N–H and O–H groups in total. The molecule has 0 aromatic heterocycles. The van der Waals surface area contributed by atoms with Gasteiger partial charge in [0.05, 0.1) is 14.4 Å². The number of benzene rings is 1. The Morgan fingerprint density at radius 2 is 1.87 bits per heavy atom. The van der Waals surface area contributed by atoms with E-state index >= 15 is 0 Å². The number of likely N-dealkylation sites (tertiary alicyclic amines) is 1. The summed E-state index contributed by atoms with van der Waals surface area (Å²) >= 11 is 10.2. The molecule has 8 nitrogen and oxygen atoms in total.